The Kier molecular flexibility index (Phi) is 5.16. The molecule has 0 unspecified atom stereocenters. The number of pyridine rings is 1. The topological polar surface area (TPSA) is 71.8 Å². The number of hydrogen-bond donors (Lipinski definition) is 2. The first-order valence-electron chi connectivity index (χ1n) is 6.76. The van der Waals surface area contributed by atoms with Crippen LogP contribution in [0.15, 0.2) is 24.5 Å². The standard InChI is InChI=1S/C14H18ClN5O/c1-3-16-13-8-11(12(15)9-18-13)14(21)17-6-4-10-5-7-19-20(10)2/h5,7-9H,3-4,6H2,1-2H3,(H,16,18)(H,17,21). The van der Waals surface area contributed by atoms with Gasteiger partial charge < -0.3 is 10.6 Å². The average molecular weight is 308 g/mol. The fraction of sp³-hybridized carbons (Fsp3) is 0.357. The molecule has 21 heavy (non-hydrogen) atoms. The summed E-state index contributed by atoms with van der Waals surface area (Å²) in [4.78, 5) is 16.3. The summed E-state index contributed by atoms with van der Waals surface area (Å²) in [6, 6.07) is 3.58. The van der Waals surface area contributed by atoms with E-state index >= 15 is 0 Å². The third kappa shape index (κ3) is 3.95. The third-order valence-electron chi connectivity index (χ3n) is 3.05. The van der Waals surface area contributed by atoms with Crippen LogP contribution in [0, 0.1) is 0 Å². The van der Waals surface area contributed by atoms with Gasteiger partial charge in [-0.05, 0) is 19.1 Å². The molecule has 0 saturated carbocycles. The molecule has 0 bridgehead atoms. The lowest BCUT2D eigenvalue weighted by Crippen LogP contribution is -2.26. The summed E-state index contributed by atoms with van der Waals surface area (Å²) in [5.74, 6) is 0.433. The number of nitrogens with zero attached hydrogens (tertiary/aromatic N) is 3. The molecule has 2 aromatic heterocycles. The Morgan fingerprint density at radius 2 is 2.29 bits per heavy atom. The quantitative estimate of drug-likeness (QED) is 0.854. The van der Waals surface area contributed by atoms with Crippen LogP contribution in [0.5, 0.6) is 0 Å². The average Bonchev–Trinajstić information content (AvgIpc) is 2.87. The van der Waals surface area contributed by atoms with E-state index in [9.17, 15) is 4.79 Å². The van der Waals surface area contributed by atoms with Crippen molar-refractivity contribution < 1.29 is 4.79 Å². The summed E-state index contributed by atoms with van der Waals surface area (Å²) >= 11 is 6.03. The second-order valence-electron chi connectivity index (χ2n) is 4.53. The number of rotatable bonds is 6. The van der Waals surface area contributed by atoms with Crippen molar-refractivity contribution >= 4 is 23.3 Å². The van der Waals surface area contributed by atoms with Crippen molar-refractivity contribution in [2.45, 2.75) is 13.3 Å². The zero-order chi connectivity index (χ0) is 15.2. The largest absolute Gasteiger partial charge is 0.370 e. The van der Waals surface area contributed by atoms with Crippen LogP contribution in [-0.2, 0) is 13.5 Å². The van der Waals surface area contributed by atoms with Gasteiger partial charge in [0.2, 0.25) is 0 Å². The lowest BCUT2D eigenvalue weighted by Gasteiger charge is -2.09. The molecule has 0 radical (unpaired) electrons. The van der Waals surface area contributed by atoms with Gasteiger partial charge in [-0.25, -0.2) is 4.98 Å². The molecule has 2 rings (SSSR count). The van der Waals surface area contributed by atoms with Crippen LogP contribution in [0.2, 0.25) is 5.02 Å². The normalized spacial score (nSPS) is 10.4. The molecule has 0 spiro atoms. The summed E-state index contributed by atoms with van der Waals surface area (Å²) in [6.07, 6.45) is 3.93. The van der Waals surface area contributed by atoms with Gasteiger partial charge in [-0.15, -0.1) is 0 Å². The molecule has 0 atom stereocenters. The minimum absolute atomic E-state index is 0.205. The van der Waals surface area contributed by atoms with Gasteiger partial charge in [0.25, 0.3) is 5.91 Å². The molecule has 1 amide bonds. The van der Waals surface area contributed by atoms with Crippen molar-refractivity contribution in [2.24, 2.45) is 7.05 Å². The Hall–Kier alpha value is -2.08. The first-order chi connectivity index (χ1) is 10.1. The highest BCUT2D eigenvalue weighted by Gasteiger charge is 2.12. The number of aromatic nitrogens is 3. The molecule has 0 saturated heterocycles. The van der Waals surface area contributed by atoms with Crippen molar-refractivity contribution in [1.82, 2.24) is 20.1 Å². The summed E-state index contributed by atoms with van der Waals surface area (Å²) in [6.45, 7) is 3.22. The summed E-state index contributed by atoms with van der Waals surface area (Å²) in [7, 11) is 1.87. The van der Waals surface area contributed by atoms with Gasteiger partial charge in [0, 0.05) is 44.6 Å². The van der Waals surface area contributed by atoms with E-state index in [-0.39, 0.29) is 5.91 Å². The van der Waals surface area contributed by atoms with Crippen LogP contribution >= 0.6 is 11.6 Å². The van der Waals surface area contributed by atoms with Gasteiger partial charge in [-0.3, -0.25) is 9.48 Å². The third-order valence-corrected chi connectivity index (χ3v) is 3.35. The highest BCUT2D eigenvalue weighted by Crippen LogP contribution is 2.17. The molecule has 0 fully saturated rings. The van der Waals surface area contributed by atoms with Crippen molar-refractivity contribution in [2.75, 3.05) is 18.4 Å². The second-order valence-corrected chi connectivity index (χ2v) is 4.94. The molecule has 2 N–H and O–H groups in total. The number of halogens is 1. The smallest absolute Gasteiger partial charge is 0.253 e. The number of carbonyl (C=O) groups excluding carboxylic acids is 1. The molecule has 0 aliphatic heterocycles. The second kappa shape index (κ2) is 7.08. The number of anilines is 1. The Balaban J connectivity index is 1.96. The summed E-state index contributed by atoms with van der Waals surface area (Å²) in [5, 5.41) is 10.3. The molecule has 2 aromatic rings. The van der Waals surface area contributed by atoms with Crippen LogP contribution < -0.4 is 10.6 Å². The predicted octanol–water partition coefficient (Wildman–Crippen LogP) is 1.87. The molecule has 112 valence electrons. The Bertz CT molecular complexity index is 626. The van der Waals surface area contributed by atoms with Crippen LogP contribution in [0.4, 0.5) is 5.82 Å². The van der Waals surface area contributed by atoms with E-state index in [0.717, 1.165) is 12.2 Å². The van der Waals surface area contributed by atoms with Gasteiger partial charge in [-0.2, -0.15) is 5.10 Å². The SMILES string of the molecule is CCNc1cc(C(=O)NCCc2ccnn2C)c(Cl)cn1. The van der Waals surface area contributed by atoms with Crippen LogP contribution in [0.1, 0.15) is 23.0 Å². The van der Waals surface area contributed by atoms with Crippen molar-refractivity contribution in [1.29, 1.82) is 0 Å². The summed E-state index contributed by atoms with van der Waals surface area (Å²) in [5.41, 5.74) is 1.48. The minimum atomic E-state index is -0.205. The van der Waals surface area contributed by atoms with E-state index < -0.39 is 0 Å². The highest BCUT2D eigenvalue weighted by atomic mass is 35.5. The molecule has 7 heteroatoms. The Morgan fingerprint density at radius 1 is 1.48 bits per heavy atom. The van der Waals surface area contributed by atoms with Gasteiger partial charge in [0.1, 0.15) is 5.82 Å². The van der Waals surface area contributed by atoms with Crippen LogP contribution in [-0.4, -0.2) is 33.8 Å². The number of hydrogen-bond acceptors (Lipinski definition) is 4. The van der Waals surface area contributed by atoms with Gasteiger partial charge in [-0.1, -0.05) is 11.6 Å². The monoisotopic (exact) mass is 307 g/mol. The van der Waals surface area contributed by atoms with E-state index in [2.05, 4.69) is 20.7 Å². The van der Waals surface area contributed by atoms with E-state index in [1.54, 1.807) is 16.9 Å². The lowest BCUT2D eigenvalue weighted by molar-refractivity contribution is 0.0954. The van der Waals surface area contributed by atoms with Crippen molar-refractivity contribution in [3.8, 4) is 0 Å². The first kappa shape index (κ1) is 15.3. The number of nitrogens with one attached hydrogen (secondary N) is 2. The number of amides is 1. The Labute approximate surface area is 128 Å². The van der Waals surface area contributed by atoms with E-state index in [0.29, 0.717) is 29.4 Å². The van der Waals surface area contributed by atoms with Crippen molar-refractivity contribution in [3.63, 3.8) is 0 Å². The van der Waals surface area contributed by atoms with Crippen LogP contribution in [0.25, 0.3) is 0 Å². The number of aryl methyl sites for hydroxylation is 1. The maximum atomic E-state index is 12.2. The molecule has 0 aliphatic carbocycles. The van der Waals surface area contributed by atoms with E-state index in [1.165, 1.54) is 6.20 Å². The van der Waals surface area contributed by atoms with Gasteiger partial charge in [0.05, 0.1) is 10.6 Å². The molecule has 0 aromatic carbocycles. The molecular weight excluding hydrogens is 290 g/mol. The lowest BCUT2D eigenvalue weighted by atomic mass is 10.2. The summed E-state index contributed by atoms with van der Waals surface area (Å²) < 4.78 is 1.79. The fourth-order valence-corrected chi connectivity index (χ4v) is 2.13. The van der Waals surface area contributed by atoms with E-state index in [4.69, 9.17) is 11.6 Å². The minimum Gasteiger partial charge on any atom is -0.370 e. The van der Waals surface area contributed by atoms with Gasteiger partial charge >= 0.3 is 0 Å². The zero-order valence-corrected chi connectivity index (χ0v) is 12.8. The molecule has 2 heterocycles. The zero-order valence-electron chi connectivity index (χ0n) is 12.1. The molecule has 6 nitrogen and oxygen atoms in total. The number of carbonyl (C=O) groups is 1. The molecular formula is C14H18ClN5O. The predicted molar refractivity (Wildman–Crippen MR) is 82.7 cm³/mol. The van der Waals surface area contributed by atoms with Crippen molar-refractivity contribution in [3.05, 3.63) is 40.8 Å². The van der Waals surface area contributed by atoms with Crippen LogP contribution in [0.3, 0.4) is 0 Å². The van der Waals surface area contributed by atoms with Gasteiger partial charge in [0.15, 0.2) is 0 Å². The Morgan fingerprint density at radius 3 is 2.95 bits per heavy atom. The maximum absolute atomic E-state index is 12.2. The van der Waals surface area contributed by atoms with E-state index in [1.807, 2.05) is 20.0 Å². The first-order valence-corrected chi connectivity index (χ1v) is 7.14. The maximum Gasteiger partial charge on any atom is 0.253 e. The fourth-order valence-electron chi connectivity index (χ4n) is 1.94. The molecule has 0 aliphatic rings. The highest BCUT2D eigenvalue weighted by molar-refractivity contribution is 6.33.